The van der Waals surface area contributed by atoms with Gasteiger partial charge in [0.05, 0.1) is 12.1 Å². The van der Waals surface area contributed by atoms with Gasteiger partial charge in [-0.2, -0.15) is 4.98 Å². The number of carbonyl (C=O) groups is 1. The first-order valence-corrected chi connectivity index (χ1v) is 7.62. The summed E-state index contributed by atoms with van der Waals surface area (Å²) in [7, 11) is 0. The van der Waals surface area contributed by atoms with Gasteiger partial charge in [0.25, 0.3) is 0 Å². The standard InChI is InChI=1S/C15H16N2O3S/c1-9-13(8-14(18)19)10(2)17(15(20)16-9)11-4-6-12(21-3)7-5-11/h4-7H,8H2,1-3H3,(H,18,19). The highest BCUT2D eigenvalue weighted by Crippen LogP contribution is 2.19. The van der Waals surface area contributed by atoms with E-state index >= 15 is 0 Å². The van der Waals surface area contributed by atoms with E-state index in [2.05, 4.69) is 4.98 Å². The Hall–Kier alpha value is -2.08. The van der Waals surface area contributed by atoms with E-state index in [1.54, 1.807) is 25.6 Å². The first-order chi connectivity index (χ1) is 9.93. The third-order valence-electron chi connectivity index (χ3n) is 3.32. The lowest BCUT2D eigenvalue weighted by molar-refractivity contribution is -0.136. The van der Waals surface area contributed by atoms with E-state index in [-0.39, 0.29) is 6.42 Å². The topological polar surface area (TPSA) is 72.2 Å². The van der Waals surface area contributed by atoms with Gasteiger partial charge in [-0.05, 0) is 44.4 Å². The summed E-state index contributed by atoms with van der Waals surface area (Å²) in [6.07, 6.45) is 1.83. The minimum absolute atomic E-state index is 0.145. The Labute approximate surface area is 126 Å². The van der Waals surface area contributed by atoms with Crippen molar-refractivity contribution in [2.45, 2.75) is 25.2 Å². The van der Waals surface area contributed by atoms with Crippen molar-refractivity contribution in [2.75, 3.05) is 6.26 Å². The molecule has 0 saturated carbocycles. The van der Waals surface area contributed by atoms with Gasteiger partial charge in [0.15, 0.2) is 0 Å². The lowest BCUT2D eigenvalue weighted by Gasteiger charge is -2.14. The fourth-order valence-corrected chi connectivity index (χ4v) is 2.65. The van der Waals surface area contributed by atoms with E-state index < -0.39 is 11.7 Å². The highest BCUT2D eigenvalue weighted by atomic mass is 32.2. The number of hydrogen-bond donors (Lipinski definition) is 1. The van der Waals surface area contributed by atoms with Crippen molar-refractivity contribution in [3.8, 4) is 5.69 Å². The van der Waals surface area contributed by atoms with Gasteiger partial charge in [-0.3, -0.25) is 9.36 Å². The van der Waals surface area contributed by atoms with Crippen LogP contribution in [0.4, 0.5) is 0 Å². The summed E-state index contributed by atoms with van der Waals surface area (Å²) < 4.78 is 1.45. The van der Waals surface area contributed by atoms with Crippen LogP contribution in [0.3, 0.4) is 0 Å². The average molecular weight is 304 g/mol. The summed E-state index contributed by atoms with van der Waals surface area (Å²) in [4.78, 5) is 28.2. The molecule has 1 N–H and O–H groups in total. The van der Waals surface area contributed by atoms with Crippen LogP contribution in [0.5, 0.6) is 0 Å². The smallest absolute Gasteiger partial charge is 0.352 e. The Morgan fingerprint density at radius 3 is 2.43 bits per heavy atom. The fourth-order valence-electron chi connectivity index (χ4n) is 2.24. The maximum absolute atomic E-state index is 12.2. The highest BCUT2D eigenvalue weighted by molar-refractivity contribution is 7.98. The first kappa shape index (κ1) is 15.3. The minimum Gasteiger partial charge on any atom is -0.481 e. The molecule has 2 rings (SSSR count). The molecule has 0 atom stereocenters. The van der Waals surface area contributed by atoms with E-state index in [1.807, 2.05) is 30.5 Å². The Kier molecular flexibility index (Phi) is 4.47. The van der Waals surface area contributed by atoms with Gasteiger partial charge in [0.1, 0.15) is 0 Å². The van der Waals surface area contributed by atoms with E-state index in [0.717, 1.165) is 4.90 Å². The van der Waals surface area contributed by atoms with Crippen molar-refractivity contribution in [3.05, 3.63) is 51.7 Å². The Bertz CT molecular complexity index is 736. The van der Waals surface area contributed by atoms with Crippen molar-refractivity contribution in [1.82, 2.24) is 9.55 Å². The van der Waals surface area contributed by atoms with Gasteiger partial charge in [0, 0.05) is 21.8 Å². The highest BCUT2D eigenvalue weighted by Gasteiger charge is 2.15. The predicted octanol–water partition coefficient (Wildman–Crippen LogP) is 2.20. The Morgan fingerprint density at radius 2 is 1.90 bits per heavy atom. The zero-order chi connectivity index (χ0) is 15.6. The van der Waals surface area contributed by atoms with Crippen LogP contribution in [0.25, 0.3) is 5.69 Å². The molecule has 0 fully saturated rings. The molecular weight excluding hydrogens is 288 g/mol. The van der Waals surface area contributed by atoms with Crippen molar-refractivity contribution in [1.29, 1.82) is 0 Å². The second-order valence-electron chi connectivity index (χ2n) is 4.65. The third kappa shape index (κ3) is 3.16. The number of aliphatic carboxylic acids is 1. The predicted molar refractivity (Wildman–Crippen MR) is 82.4 cm³/mol. The SMILES string of the molecule is CSc1ccc(-n2c(C)c(CC(=O)O)c(C)nc2=O)cc1. The van der Waals surface area contributed by atoms with E-state index in [0.29, 0.717) is 22.6 Å². The van der Waals surface area contributed by atoms with Crippen LogP contribution in [0.1, 0.15) is 17.0 Å². The van der Waals surface area contributed by atoms with Crippen LogP contribution in [-0.2, 0) is 11.2 Å². The van der Waals surface area contributed by atoms with Crippen LogP contribution in [0.15, 0.2) is 34.0 Å². The molecule has 0 aliphatic heterocycles. The van der Waals surface area contributed by atoms with Crippen molar-refractivity contribution >= 4 is 17.7 Å². The van der Waals surface area contributed by atoms with E-state index in [4.69, 9.17) is 5.11 Å². The van der Waals surface area contributed by atoms with Crippen molar-refractivity contribution < 1.29 is 9.90 Å². The molecule has 0 aliphatic carbocycles. The fraction of sp³-hybridized carbons (Fsp3) is 0.267. The second kappa shape index (κ2) is 6.13. The summed E-state index contributed by atoms with van der Waals surface area (Å²) >= 11 is 1.61. The number of carboxylic acids is 1. The number of rotatable bonds is 4. The molecule has 0 spiro atoms. The minimum atomic E-state index is -0.939. The van der Waals surface area contributed by atoms with E-state index in [1.165, 1.54) is 4.57 Å². The number of hydrogen-bond acceptors (Lipinski definition) is 4. The molecule has 21 heavy (non-hydrogen) atoms. The van der Waals surface area contributed by atoms with Gasteiger partial charge < -0.3 is 5.11 Å². The number of thioether (sulfide) groups is 1. The summed E-state index contributed by atoms with van der Waals surface area (Å²) in [5.74, 6) is -0.939. The molecule has 2 aromatic rings. The number of aryl methyl sites for hydroxylation is 1. The molecule has 110 valence electrons. The monoisotopic (exact) mass is 304 g/mol. The number of benzene rings is 1. The average Bonchev–Trinajstić information content (AvgIpc) is 2.44. The molecule has 5 nitrogen and oxygen atoms in total. The van der Waals surface area contributed by atoms with Crippen LogP contribution in [-0.4, -0.2) is 26.9 Å². The maximum Gasteiger partial charge on any atom is 0.352 e. The van der Waals surface area contributed by atoms with Gasteiger partial charge in [0.2, 0.25) is 0 Å². The van der Waals surface area contributed by atoms with Gasteiger partial charge in [-0.25, -0.2) is 4.79 Å². The van der Waals surface area contributed by atoms with Gasteiger partial charge in [-0.15, -0.1) is 11.8 Å². The molecule has 0 unspecified atom stereocenters. The first-order valence-electron chi connectivity index (χ1n) is 6.39. The zero-order valence-corrected chi connectivity index (χ0v) is 12.9. The summed E-state index contributed by atoms with van der Waals surface area (Å²) in [6.45, 7) is 3.41. The quantitative estimate of drug-likeness (QED) is 0.877. The molecule has 0 aliphatic rings. The molecule has 0 bridgehead atoms. The van der Waals surface area contributed by atoms with E-state index in [9.17, 15) is 9.59 Å². The van der Waals surface area contributed by atoms with Crippen molar-refractivity contribution in [3.63, 3.8) is 0 Å². The molecule has 0 saturated heterocycles. The zero-order valence-electron chi connectivity index (χ0n) is 12.1. The second-order valence-corrected chi connectivity index (χ2v) is 5.53. The number of nitrogens with zero attached hydrogens (tertiary/aromatic N) is 2. The summed E-state index contributed by atoms with van der Waals surface area (Å²) in [5, 5.41) is 9.00. The molecule has 0 radical (unpaired) electrons. The molecule has 0 amide bonds. The molecule has 1 aromatic carbocycles. The van der Waals surface area contributed by atoms with Crippen LogP contribution in [0.2, 0.25) is 0 Å². The molecular formula is C15H16N2O3S. The largest absolute Gasteiger partial charge is 0.481 e. The molecule has 6 heteroatoms. The molecule has 1 heterocycles. The van der Waals surface area contributed by atoms with Gasteiger partial charge in [-0.1, -0.05) is 0 Å². The third-order valence-corrected chi connectivity index (χ3v) is 4.07. The Morgan fingerprint density at radius 1 is 1.29 bits per heavy atom. The van der Waals surface area contributed by atoms with Crippen LogP contribution >= 0.6 is 11.8 Å². The lowest BCUT2D eigenvalue weighted by atomic mass is 10.1. The summed E-state index contributed by atoms with van der Waals surface area (Å²) in [6, 6.07) is 7.51. The number of carboxylic acid groups (broad SMARTS) is 1. The summed E-state index contributed by atoms with van der Waals surface area (Å²) in [5.41, 5.74) is 1.96. The lowest BCUT2D eigenvalue weighted by Crippen LogP contribution is -2.27. The maximum atomic E-state index is 12.2. The van der Waals surface area contributed by atoms with Crippen molar-refractivity contribution in [2.24, 2.45) is 0 Å². The number of aromatic nitrogens is 2. The Balaban J connectivity index is 2.62. The normalized spacial score (nSPS) is 10.6. The van der Waals surface area contributed by atoms with Gasteiger partial charge >= 0.3 is 11.7 Å². The van der Waals surface area contributed by atoms with Crippen LogP contribution in [0, 0.1) is 13.8 Å². The van der Waals surface area contributed by atoms with Crippen LogP contribution < -0.4 is 5.69 Å². The molecule has 1 aromatic heterocycles.